The monoisotopic (exact) mass is 406 g/mol. The number of amides is 3. The molecule has 1 heterocycles. The molecule has 0 aliphatic carbocycles. The van der Waals surface area contributed by atoms with Gasteiger partial charge in [-0.2, -0.15) is 0 Å². The van der Waals surface area contributed by atoms with Crippen LogP contribution < -0.4 is 4.74 Å². The van der Waals surface area contributed by atoms with Crippen molar-refractivity contribution in [3.05, 3.63) is 34.7 Å². The molecule has 0 unspecified atom stereocenters. The van der Waals surface area contributed by atoms with Crippen LogP contribution in [0, 0.1) is 0 Å². The lowest BCUT2D eigenvalue weighted by Gasteiger charge is -2.21. The fourth-order valence-corrected chi connectivity index (χ4v) is 3.35. The molecular formula is C19H22N2O6S. The van der Waals surface area contributed by atoms with Crippen LogP contribution in [0.4, 0.5) is 4.79 Å². The minimum atomic E-state index is -0.537. The van der Waals surface area contributed by atoms with Crippen molar-refractivity contribution in [2.24, 2.45) is 0 Å². The lowest BCUT2D eigenvalue weighted by molar-refractivity contribution is -0.143. The number of rotatable bonds is 8. The third kappa shape index (κ3) is 5.13. The number of para-hydroxylation sites is 1. The van der Waals surface area contributed by atoms with Gasteiger partial charge in [-0.15, -0.1) is 0 Å². The van der Waals surface area contributed by atoms with E-state index in [-0.39, 0.29) is 24.0 Å². The highest BCUT2D eigenvalue weighted by Crippen LogP contribution is 2.33. The van der Waals surface area contributed by atoms with Crippen molar-refractivity contribution in [2.75, 3.05) is 33.4 Å². The molecule has 0 radical (unpaired) electrons. The SMILES string of the molecule is CCN(CC)C(=O)CN1C(=O)S/C(=C\c2ccccc2OCC(=O)OC)C1=O. The van der Waals surface area contributed by atoms with Crippen LogP contribution in [-0.2, 0) is 19.1 Å². The fourth-order valence-electron chi connectivity index (χ4n) is 2.52. The number of hydrogen-bond donors (Lipinski definition) is 0. The number of carbonyl (C=O) groups is 4. The summed E-state index contributed by atoms with van der Waals surface area (Å²) in [5.74, 6) is -0.974. The van der Waals surface area contributed by atoms with Crippen LogP contribution in [0.1, 0.15) is 19.4 Å². The first-order valence-corrected chi connectivity index (χ1v) is 9.54. The summed E-state index contributed by atoms with van der Waals surface area (Å²) >= 11 is 0.764. The largest absolute Gasteiger partial charge is 0.481 e. The number of carbonyl (C=O) groups excluding carboxylic acids is 4. The fraction of sp³-hybridized carbons (Fsp3) is 0.368. The number of thioether (sulfide) groups is 1. The van der Waals surface area contributed by atoms with Crippen LogP contribution in [0.2, 0.25) is 0 Å². The second-order valence-electron chi connectivity index (χ2n) is 5.74. The van der Waals surface area contributed by atoms with Crippen molar-refractivity contribution in [1.29, 1.82) is 0 Å². The van der Waals surface area contributed by atoms with E-state index in [2.05, 4.69) is 4.74 Å². The molecule has 0 N–H and O–H groups in total. The number of imide groups is 1. The number of ether oxygens (including phenoxy) is 2. The highest BCUT2D eigenvalue weighted by Gasteiger charge is 2.37. The number of esters is 1. The predicted molar refractivity (Wildman–Crippen MR) is 105 cm³/mol. The molecular weight excluding hydrogens is 384 g/mol. The first-order valence-electron chi connectivity index (χ1n) is 8.73. The molecule has 1 aliphatic heterocycles. The zero-order valence-electron chi connectivity index (χ0n) is 16.0. The average Bonchev–Trinajstić information content (AvgIpc) is 2.95. The Morgan fingerprint density at radius 1 is 1.18 bits per heavy atom. The maximum atomic E-state index is 12.6. The molecule has 0 saturated carbocycles. The van der Waals surface area contributed by atoms with E-state index >= 15 is 0 Å². The molecule has 2 rings (SSSR count). The average molecular weight is 406 g/mol. The molecule has 0 bridgehead atoms. The summed E-state index contributed by atoms with van der Waals surface area (Å²) in [5, 5.41) is -0.496. The molecule has 28 heavy (non-hydrogen) atoms. The molecule has 1 aromatic rings. The summed E-state index contributed by atoms with van der Waals surface area (Å²) in [5.41, 5.74) is 0.534. The first kappa shape index (κ1) is 21.5. The highest BCUT2D eigenvalue weighted by molar-refractivity contribution is 8.18. The molecule has 0 atom stereocenters. The van der Waals surface area contributed by atoms with Gasteiger partial charge in [-0.25, -0.2) is 4.79 Å². The minimum Gasteiger partial charge on any atom is -0.481 e. The second-order valence-corrected chi connectivity index (χ2v) is 6.73. The smallest absolute Gasteiger partial charge is 0.343 e. The van der Waals surface area contributed by atoms with Crippen LogP contribution in [-0.4, -0.2) is 66.2 Å². The Labute approximate surface area is 167 Å². The Morgan fingerprint density at radius 3 is 2.50 bits per heavy atom. The molecule has 9 heteroatoms. The Hall–Kier alpha value is -2.81. The molecule has 3 amide bonds. The van der Waals surface area contributed by atoms with E-state index in [0.29, 0.717) is 24.4 Å². The van der Waals surface area contributed by atoms with Gasteiger partial charge in [0.05, 0.1) is 12.0 Å². The summed E-state index contributed by atoms with van der Waals surface area (Å²) in [4.78, 5) is 51.0. The van der Waals surface area contributed by atoms with Crippen molar-refractivity contribution >= 4 is 40.9 Å². The topological polar surface area (TPSA) is 93.2 Å². The number of nitrogens with zero attached hydrogens (tertiary/aromatic N) is 2. The lowest BCUT2D eigenvalue weighted by atomic mass is 10.2. The third-order valence-electron chi connectivity index (χ3n) is 4.06. The molecule has 0 aromatic heterocycles. The van der Waals surface area contributed by atoms with Crippen molar-refractivity contribution in [3.63, 3.8) is 0 Å². The number of benzene rings is 1. The Morgan fingerprint density at radius 2 is 1.86 bits per heavy atom. The van der Waals surface area contributed by atoms with Gasteiger partial charge in [-0.1, -0.05) is 18.2 Å². The van der Waals surface area contributed by atoms with Crippen LogP contribution >= 0.6 is 11.8 Å². The Bertz CT molecular complexity index is 803. The Kier molecular flexibility index (Phi) is 7.62. The quantitative estimate of drug-likeness (QED) is 0.482. The van der Waals surface area contributed by atoms with Crippen LogP contribution in [0.3, 0.4) is 0 Å². The van der Waals surface area contributed by atoms with E-state index in [9.17, 15) is 19.2 Å². The van der Waals surface area contributed by atoms with Crippen molar-refractivity contribution in [1.82, 2.24) is 9.80 Å². The van der Waals surface area contributed by atoms with Gasteiger partial charge in [0.25, 0.3) is 11.1 Å². The third-order valence-corrected chi connectivity index (χ3v) is 4.97. The van der Waals surface area contributed by atoms with Gasteiger partial charge in [-0.05, 0) is 37.8 Å². The van der Waals surface area contributed by atoms with Crippen LogP contribution in [0.5, 0.6) is 5.75 Å². The van der Waals surface area contributed by atoms with Crippen LogP contribution in [0.15, 0.2) is 29.2 Å². The van der Waals surface area contributed by atoms with E-state index in [1.807, 2.05) is 13.8 Å². The van der Waals surface area contributed by atoms with Gasteiger partial charge in [0, 0.05) is 18.7 Å². The maximum absolute atomic E-state index is 12.6. The molecule has 1 fully saturated rings. The van der Waals surface area contributed by atoms with Crippen molar-refractivity contribution in [2.45, 2.75) is 13.8 Å². The van der Waals surface area contributed by atoms with E-state index in [1.165, 1.54) is 13.2 Å². The van der Waals surface area contributed by atoms with E-state index in [1.54, 1.807) is 29.2 Å². The second kappa shape index (κ2) is 9.93. The molecule has 1 saturated heterocycles. The summed E-state index contributed by atoms with van der Waals surface area (Å²) in [6.07, 6.45) is 1.51. The number of hydrogen-bond acceptors (Lipinski definition) is 7. The Balaban J connectivity index is 2.17. The number of likely N-dealkylation sites (N-methyl/N-ethyl adjacent to an activating group) is 1. The highest BCUT2D eigenvalue weighted by atomic mass is 32.2. The van der Waals surface area contributed by atoms with Crippen LogP contribution in [0.25, 0.3) is 6.08 Å². The van der Waals surface area contributed by atoms with Crippen molar-refractivity contribution < 1.29 is 28.7 Å². The van der Waals surface area contributed by atoms with E-state index in [4.69, 9.17) is 4.74 Å². The molecule has 1 aromatic carbocycles. The lowest BCUT2D eigenvalue weighted by Crippen LogP contribution is -2.41. The molecule has 150 valence electrons. The number of methoxy groups -OCH3 is 1. The minimum absolute atomic E-state index is 0.187. The summed E-state index contributed by atoms with van der Waals surface area (Å²) < 4.78 is 9.96. The van der Waals surface area contributed by atoms with Gasteiger partial charge >= 0.3 is 5.97 Å². The predicted octanol–water partition coefficient (Wildman–Crippen LogP) is 2.14. The van der Waals surface area contributed by atoms with Gasteiger partial charge in [0.1, 0.15) is 12.3 Å². The van der Waals surface area contributed by atoms with E-state index in [0.717, 1.165) is 16.7 Å². The van der Waals surface area contributed by atoms with Gasteiger partial charge in [0.15, 0.2) is 6.61 Å². The summed E-state index contributed by atoms with van der Waals surface area (Å²) in [6, 6.07) is 6.80. The standard InChI is InChI=1S/C19H22N2O6S/c1-4-20(5-2)16(22)11-21-18(24)15(28-19(21)25)10-13-8-6-7-9-14(13)27-12-17(23)26-3/h6-10H,4-5,11-12H2,1-3H3/b15-10-. The van der Waals surface area contributed by atoms with Gasteiger partial charge < -0.3 is 14.4 Å². The van der Waals surface area contributed by atoms with E-state index < -0.39 is 17.1 Å². The molecule has 0 spiro atoms. The summed E-state index contributed by atoms with van der Waals surface area (Å²) in [7, 11) is 1.26. The molecule has 1 aliphatic rings. The normalized spacial score (nSPS) is 15.1. The molecule has 8 nitrogen and oxygen atoms in total. The first-order chi connectivity index (χ1) is 13.4. The zero-order valence-corrected chi connectivity index (χ0v) is 16.8. The van der Waals surface area contributed by atoms with Crippen molar-refractivity contribution in [3.8, 4) is 5.75 Å². The summed E-state index contributed by atoms with van der Waals surface area (Å²) in [6.45, 7) is 4.12. The zero-order chi connectivity index (χ0) is 20.7. The van der Waals surface area contributed by atoms with Gasteiger partial charge in [-0.3, -0.25) is 19.3 Å². The maximum Gasteiger partial charge on any atom is 0.343 e. The van der Waals surface area contributed by atoms with Gasteiger partial charge in [0.2, 0.25) is 5.91 Å².